The quantitative estimate of drug-likeness (QED) is 0.810. The molecular formula is C12H15N3O2. The third-order valence-corrected chi connectivity index (χ3v) is 2.61. The SMILES string of the molecule is CCn1cnnc1-c1c(OC)cccc1OC. The Bertz CT molecular complexity index is 486. The van der Waals surface area contributed by atoms with Crippen LogP contribution in [0.15, 0.2) is 24.5 Å². The number of hydrogen-bond donors (Lipinski definition) is 0. The fraction of sp³-hybridized carbons (Fsp3) is 0.333. The molecule has 0 atom stereocenters. The predicted octanol–water partition coefficient (Wildman–Crippen LogP) is 1.98. The average Bonchev–Trinajstić information content (AvgIpc) is 2.85. The molecule has 0 spiro atoms. The molecule has 0 fully saturated rings. The van der Waals surface area contributed by atoms with Crippen LogP contribution < -0.4 is 9.47 Å². The van der Waals surface area contributed by atoms with Gasteiger partial charge in [0.15, 0.2) is 5.82 Å². The molecule has 0 aliphatic rings. The van der Waals surface area contributed by atoms with Crippen LogP contribution in [0.1, 0.15) is 6.92 Å². The lowest BCUT2D eigenvalue weighted by molar-refractivity contribution is 0.396. The summed E-state index contributed by atoms with van der Waals surface area (Å²) in [5.41, 5.74) is 0.830. The highest BCUT2D eigenvalue weighted by atomic mass is 16.5. The number of nitrogens with zero attached hydrogens (tertiary/aromatic N) is 3. The second kappa shape index (κ2) is 4.86. The number of methoxy groups -OCH3 is 2. The summed E-state index contributed by atoms with van der Waals surface area (Å²) in [6.45, 7) is 2.83. The van der Waals surface area contributed by atoms with E-state index in [1.54, 1.807) is 20.5 Å². The first kappa shape index (κ1) is 11.4. The zero-order chi connectivity index (χ0) is 12.3. The molecule has 0 amide bonds. The fourth-order valence-corrected chi connectivity index (χ4v) is 1.75. The summed E-state index contributed by atoms with van der Waals surface area (Å²) in [6.07, 6.45) is 1.70. The first-order valence-corrected chi connectivity index (χ1v) is 5.41. The van der Waals surface area contributed by atoms with E-state index in [0.29, 0.717) is 0 Å². The van der Waals surface area contributed by atoms with E-state index >= 15 is 0 Å². The van der Waals surface area contributed by atoms with Crippen LogP contribution in [0, 0.1) is 0 Å². The van der Waals surface area contributed by atoms with Crippen molar-refractivity contribution in [1.29, 1.82) is 0 Å². The van der Waals surface area contributed by atoms with Crippen LogP contribution in [-0.2, 0) is 6.54 Å². The van der Waals surface area contributed by atoms with Crippen LogP contribution in [0.2, 0.25) is 0 Å². The molecule has 1 aromatic carbocycles. The third-order valence-electron chi connectivity index (χ3n) is 2.61. The normalized spacial score (nSPS) is 10.3. The van der Waals surface area contributed by atoms with Gasteiger partial charge >= 0.3 is 0 Å². The first-order valence-electron chi connectivity index (χ1n) is 5.41. The number of benzene rings is 1. The van der Waals surface area contributed by atoms with E-state index in [1.165, 1.54) is 0 Å². The van der Waals surface area contributed by atoms with E-state index in [1.807, 2.05) is 29.7 Å². The van der Waals surface area contributed by atoms with Crippen molar-refractivity contribution in [1.82, 2.24) is 14.8 Å². The smallest absolute Gasteiger partial charge is 0.171 e. The van der Waals surface area contributed by atoms with Crippen LogP contribution in [-0.4, -0.2) is 29.0 Å². The van der Waals surface area contributed by atoms with Crippen molar-refractivity contribution >= 4 is 0 Å². The maximum Gasteiger partial charge on any atom is 0.171 e. The van der Waals surface area contributed by atoms with Crippen molar-refractivity contribution in [3.63, 3.8) is 0 Å². The highest BCUT2D eigenvalue weighted by molar-refractivity contribution is 5.71. The Morgan fingerprint density at radius 1 is 1.18 bits per heavy atom. The van der Waals surface area contributed by atoms with Crippen LogP contribution in [0.5, 0.6) is 11.5 Å². The Balaban J connectivity index is 2.64. The molecule has 0 radical (unpaired) electrons. The van der Waals surface area contributed by atoms with Crippen LogP contribution >= 0.6 is 0 Å². The zero-order valence-corrected chi connectivity index (χ0v) is 10.2. The van der Waals surface area contributed by atoms with Crippen molar-refractivity contribution in [2.24, 2.45) is 0 Å². The number of aromatic nitrogens is 3. The molecule has 2 rings (SSSR count). The van der Waals surface area contributed by atoms with Crippen LogP contribution in [0.3, 0.4) is 0 Å². The maximum absolute atomic E-state index is 5.35. The molecule has 1 aromatic heterocycles. The van der Waals surface area contributed by atoms with Crippen molar-refractivity contribution < 1.29 is 9.47 Å². The molecule has 0 saturated heterocycles. The lowest BCUT2D eigenvalue weighted by Crippen LogP contribution is -2.00. The van der Waals surface area contributed by atoms with Crippen LogP contribution in [0.25, 0.3) is 11.4 Å². The molecule has 0 saturated carbocycles. The van der Waals surface area contributed by atoms with E-state index in [9.17, 15) is 0 Å². The van der Waals surface area contributed by atoms with Gasteiger partial charge in [-0.25, -0.2) is 0 Å². The molecule has 5 nitrogen and oxygen atoms in total. The Labute approximate surface area is 100 Å². The summed E-state index contributed by atoms with van der Waals surface area (Å²) in [5.74, 6) is 2.21. The maximum atomic E-state index is 5.35. The van der Waals surface area contributed by atoms with Crippen molar-refractivity contribution in [3.8, 4) is 22.9 Å². The van der Waals surface area contributed by atoms with Crippen molar-refractivity contribution in [2.45, 2.75) is 13.5 Å². The van der Waals surface area contributed by atoms with Crippen molar-refractivity contribution in [3.05, 3.63) is 24.5 Å². The van der Waals surface area contributed by atoms with E-state index in [4.69, 9.17) is 9.47 Å². The number of ether oxygens (including phenoxy) is 2. The molecule has 17 heavy (non-hydrogen) atoms. The highest BCUT2D eigenvalue weighted by Gasteiger charge is 2.17. The van der Waals surface area contributed by atoms with Gasteiger partial charge in [-0.05, 0) is 19.1 Å². The minimum atomic E-state index is 0.729. The van der Waals surface area contributed by atoms with Gasteiger partial charge in [0.05, 0.1) is 14.2 Å². The lowest BCUT2D eigenvalue weighted by atomic mass is 10.1. The van der Waals surface area contributed by atoms with Crippen molar-refractivity contribution in [2.75, 3.05) is 14.2 Å². The summed E-state index contributed by atoms with van der Waals surface area (Å²) in [4.78, 5) is 0. The Hall–Kier alpha value is -2.04. The molecule has 0 aliphatic carbocycles. The minimum absolute atomic E-state index is 0.729. The molecule has 90 valence electrons. The molecule has 1 heterocycles. The van der Waals surface area contributed by atoms with Gasteiger partial charge in [0, 0.05) is 6.54 Å². The Kier molecular flexibility index (Phi) is 3.27. The molecule has 0 bridgehead atoms. The standard InChI is InChI=1S/C12H15N3O2/c1-4-15-8-13-14-12(15)11-9(16-2)6-5-7-10(11)17-3/h5-8H,4H2,1-3H3. The third kappa shape index (κ3) is 1.95. The zero-order valence-electron chi connectivity index (χ0n) is 10.2. The Morgan fingerprint density at radius 3 is 2.35 bits per heavy atom. The van der Waals surface area contributed by atoms with Gasteiger partial charge < -0.3 is 14.0 Å². The van der Waals surface area contributed by atoms with E-state index in [2.05, 4.69) is 10.2 Å². The minimum Gasteiger partial charge on any atom is -0.496 e. The van der Waals surface area contributed by atoms with E-state index in [0.717, 1.165) is 29.4 Å². The molecule has 5 heteroatoms. The van der Waals surface area contributed by atoms with E-state index < -0.39 is 0 Å². The monoisotopic (exact) mass is 233 g/mol. The van der Waals surface area contributed by atoms with Gasteiger partial charge in [-0.3, -0.25) is 0 Å². The Morgan fingerprint density at radius 2 is 1.82 bits per heavy atom. The van der Waals surface area contributed by atoms with Gasteiger partial charge in [-0.15, -0.1) is 10.2 Å². The summed E-state index contributed by atoms with van der Waals surface area (Å²) in [5, 5.41) is 8.05. The summed E-state index contributed by atoms with van der Waals surface area (Å²) in [6, 6.07) is 5.65. The molecule has 2 aromatic rings. The second-order valence-electron chi connectivity index (χ2n) is 3.48. The molecule has 0 N–H and O–H groups in total. The number of hydrogen-bond acceptors (Lipinski definition) is 4. The molecule has 0 unspecified atom stereocenters. The predicted molar refractivity (Wildman–Crippen MR) is 64.2 cm³/mol. The van der Waals surface area contributed by atoms with Gasteiger partial charge in [0.2, 0.25) is 0 Å². The van der Waals surface area contributed by atoms with Gasteiger partial charge in [0.25, 0.3) is 0 Å². The first-order chi connectivity index (χ1) is 8.31. The van der Waals surface area contributed by atoms with Gasteiger partial charge in [0.1, 0.15) is 23.4 Å². The average molecular weight is 233 g/mol. The van der Waals surface area contributed by atoms with Gasteiger partial charge in [-0.1, -0.05) is 6.07 Å². The molecular weight excluding hydrogens is 218 g/mol. The number of aryl methyl sites for hydroxylation is 1. The van der Waals surface area contributed by atoms with E-state index in [-0.39, 0.29) is 0 Å². The largest absolute Gasteiger partial charge is 0.496 e. The summed E-state index contributed by atoms with van der Waals surface area (Å²) in [7, 11) is 3.26. The lowest BCUT2D eigenvalue weighted by Gasteiger charge is -2.12. The van der Waals surface area contributed by atoms with Gasteiger partial charge in [-0.2, -0.15) is 0 Å². The van der Waals surface area contributed by atoms with Crippen LogP contribution in [0.4, 0.5) is 0 Å². The summed E-state index contributed by atoms with van der Waals surface area (Å²) < 4.78 is 12.6. The topological polar surface area (TPSA) is 49.2 Å². The number of rotatable bonds is 4. The highest BCUT2D eigenvalue weighted by Crippen LogP contribution is 2.36. The summed E-state index contributed by atoms with van der Waals surface area (Å²) >= 11 is 0. The second-order valence-corrected chi connectivity index (χ2v) is 3.48. The fourth-order valence-electron chi connectivity index (χ4n) is 1.75. The molecule has 0 aliphatic heterocycles.